The smallest absolute Gasteiger partial charge is 0.0396 e. The van der Waals surface area contributed by atoms with Crippen molar-refractivity contribution in [3.63, 3.8) is 0 Å². The predicted molar refractivity (Wildman–Crippen MR) is 79.5 cm³/mol. The van der Waals surface area contributed by atoms with Crippen molar-refractivity contribution in [1.82, 2.24) is 5.32 Å². The molecule has 18 heavy (non-hydrogen) atoms. The Morgan fingerprint density at radius 1 is 1.28 bits per heavy atom. The highest BCUT2D eigenvalue weighted by molar-refractivity contribution is 5.57. The minimum Gasteiger partial charge on any atom is -0.377 e. The number of anilines is 1. The molecule has 0 aromatic heterocycles. The molecule has 2 nitrogen and oxygen atoms in total. The molecule has 0 spiro atoms. The Labute approximate surface area is 111 Å². The zero-order valence-electron chi connectivity index (χ0n) is 12.2. The van der Waals surface area contributed by atoms with Crippen molar-refractivity contribution in [2.24, 2.45) is 5.92 Å². The Morgan fingerprint density at radius 2 is 2.06 bits per heavy atom. The Kier molecular flexibility index (Phi) is 4.28. The molecule has 1 aromatic rings. The zero-order chi connectivity index (χ0) is 13.1. The summed E-state index contributed by atoms with van der Waals surface area (Å²) in [5, 5.41) is 3.51. The average Bonchev–Trinajstić information content (AvgIpc) is 2.34. The first-order chi connectivity index (χ1) is 8.58. The molecule has 1 saturated heterocycles. The summed E-state index contributed by atoms with van der Waals surface area (Å²) in [6.45, 7) is 6.83. The summed E-state index contributed by atoms with van der Waals surface area (Å²) in [6.07, 6.45) is 3.92. The van der Waals surface area contributed by atoms with Crippen LogP contribution >= 0.6 is 0 Å². The number of hydrogen-bond acceptors (Lipinski definition) is 2. The van der Waals surface area contributed by atoms with Crippen LogP contribution in [0, 0.1) is 19.8 Å². The monoisotopic (exact) mass is 246 g/mol. The summed E-state index contributed by atoms with van der Waals surface area (Å²) < 4.78 is 0. The number of piperidine rings is 1. The molecule has 1 atom stereocenters. The third-order valence-electron chi connectivity index (χ3n) is 4.10. The van der Waals surface area contributed by atoms with Gasteiger partial charge in [0.25, 0.3) is 0 Å². The largest absolute Gasteiger partial charge is 0.377 e. The molecule has 0 radical (unpaired) electrons. The molecule has 1 aliphatic heterocycles. The molecule has 1 aromatic carbocycles. The third kappa shape index (κ3) is 3.05. The van der Waals surface area contributed by atoms with Crippen LogP contribution in [0.1, 0.15) is 29.5 Å². The lowest BCUT2D eigenvalue weighted by Gasteiger charge is -2.24. The van der Waals surface area contributed by atoms with Crippen molar-refractivity contribution in [3.05, 3.63) is 28.8 Å². The van der Waals surface area contributed by atoms with E-state index in [9.17, 15) is 0 Å². The van der Waals surface area contributed by atoms with Gasteiger partial charge < -0.3 is 10.2 Å². The van der Waals surface area contributed by atoms with Crippen LogP contribution in [0.5, 0.6) is 0 Å². The van der Waals surface area contributed by atoms with E-state index >= 15 is 0 Å². The molecular formula is C16H26N2. The van der Waals surface area contributed by atoms with Crippen molar-refractivity contribution in [1.29, 1.82) is 0 Å². The molecule has 1 aliphatic rings. The van der Waals surface area contributed by atoms with Gasteiger partial charge in [-0.2, -0.15) is 0 Å². The van der Waals surface area contributed by atoms with Gasteiger partial charge >= 0.3 is 0 Å². The van der Waals surface area contributed by atoms with Crippen molar-refractivity contribution in [2.75, 3.05) is 32.1 Å². The molecule has 0 amide bonds. The van der Waals surface area contributed by atoms with Crippen LogP contribution in [0.2, 0.25) is 0 Å². The number of benzene rings is 1. The number of nitrogens with one attached hydrogen (secondary N) is 1. The SMILES string of the molecule is Cc1cc(CC2CCCNC2)cc(N(C)C)c1C. The standard InChI is InChI=1S/C16H26N2/c1-12-8-15(9-14-6-5-7-17-11-14)10-16(13(12)2)18(3)4/h8,10,14,17H,5-7,9,11H2,1-4H3. The van der Waals surface area contributed by atoms with Crippen LogP contribution in [0.25, 0.3) is 0 Å². The fraction of sp³-hybridized carbons (Fsp3) is 0.625. The fourth-order valence-electron chi connectivity index (χ4n) is 2.93. The topological polar surface area (TPSA) is 15.3 Å². The van der Waals surface area contributed by atoms with E-state index in [1.165, 1.54) is 54.7 Å². The second-order valence-corrected chi connectivity index (χ2v) is 5.87. The van der Waals surface area contributed by atoms with Crippen LogP contribution in [-0.2, 0) is 6.42 Å². The van der Waals surface area contributed by atoms with Gasteiger partial charge in [-0.1, -0.05) is 6.07 Å². The van der Waals surface area contributed by atoms with Crippen molar-refractivity contribution >= 4 is 5.69 Å². The molecule has 1 heterocycles. The lowest BCUT2D eigenvalue weighted by molar-refractivity contribution is 0.376. The number of nitrogens with zero attached hydrogens (tertiary/aromatic N) is 1. The van der Waals surface area contributed by atoms with Crippen LogP contribution in [0.15, 0.2) is 12.1 Å². The first-order valence-electron chi connectivity index (χ1n) is 7.06. The predicted octanol–water partition coefficient (Wildman–Crippen LogP) is 2.91. The summed E-state index contributed by atoms with van der Waals surface area (Å²) in [6, 6.07) is 4.74. The highest BCUT2D eigenvalue weighted by Gasteiger charge is 2.15. The Balaban J connectivity index is 2.17. The van der Waals surface area contributed by atoms with Crippen LogP contribution < -0.4 is 10.2 Å². The van der Waals surface area contributed by atoms with Gasteiger partial charge in [0.2, 0.25) is 0 Å². The molecule has 0 aliphatic carbocycles. The molecule has 1 unspecified atom stereocenters. The van der Waals surface area contributed by atoms with Crippen LogP contribution in [0.4, 0.5) is 5.69 Å². The molecule has 0 bridgehead atoms. The van der Waals surface area contributed by atoms with E-state index in [0.29, 0.717) is 0 Å². The molecule has 1 N–H and O–H groups in total. The highest BCUT2D eigenvalue weighted by atomic mass is 15.1. The van der Waals surface area contributed by atoms with Crippen LogP contribution in [-0.4, -0.2) is 27.2 Å². The minimum atomic E-state index is 0.816. The molecule has 2 rings (SSSR count). The first kappa shape index (κ1) is 13.4. The normalized spacial score (nSPS) is 19.9. The highest BCUT2D eigenvalue weighted by Crippen LogP contribution is 2.26. The fourth-order valence-corrected chi connectivity index (χ4v) is 2.93. The van der Waals surface area contributed by atoms with Gasteiger partial charge in [-0.05, 0) is 74.9 Å². The maximum atomic E-state index is 3.51. The molecule has 100 valence electrons. The van der Waals surface area contributed by atoms with Gasteiger partial charge in [0.1, 0.15) is 0 Å². The first-order valence-corrected chi connectivity index (χ1v) is 7.06. The lowest BCUT2D eigenvalue weighted by atomic mass is 9.90. The molecule has 0 saturated carbocycles. The number of aryl methyl sites for hydroxylation is 1. The van der Waals surface area contributed by atoms with Crippen molar-refractivity contribution in [3.8, 4) is 0 Å². The van der Waals surface area contributed by atoms with E-state index in [2.05, 4.69) is 50.3 Å². The van der Waals surface area contributed by atoms with E-state index in [0.717, 1.165) is 5.92 Å². The van der Waals surface area contributed by atoms with E-state index in [4.69, 9.17) is 0 Å². The number of hydrogen-bond donors (Lipinski definition) is 1. The second-order valence-electron chi connectivity index (χ2n) is 5.87. The Hall–Kier alpha value is -1.02. The summed E-state index contributed by atoms with van der Waals surface area (Å²) >= 11 is 0. The average molecular weight is 246 g/mol. The van der Waals surface area contributed by atoms with E-state index in [-0.39, 0.29) is 0 Å². The van der Waals surface area contributed by atoms with Gasteiger partial charge in [-0.3, -0.25) is 0 Å². The summed E-state index contributed by atoms with van der Waals surface area (Å²) in [4.78, 5) is 2.23. The van der Waals surface area contributed by atoms with Crippen LogP contribution in [0.3, 0.4) is 0 Å². The summed E-state index contributed by atoms with van der Waals surface area (Å²) in [7, 11) is 4.27. The van der Waals surface area contributed by atoms with E-state index < -0.39 is 0 Å². The van der Waals surface area contributed by atoms with Crippen molar-refractivity contribution < 1.29 is 0 Å². The Bertz CT molecular complexity index is 404. The van der Waals surface area contributed by atoms with Gasteiger partial charge in [0.05, 0.1) is 0 Å². The van der Waals surface area contributed by atoms with E-state index in [1.54, 1.807) is 0 Å². The summed E-state index contributed by atoms with van der Waals surface area (Å²) in [5.74, 6) is 0.816. The maximum Gasteiger partial charge on any atom is 0.0396 e. The van der Waals surface area contributed by atoms with Gasteiger partial charge in [-0.15, -0.1) is 0 Å². The quantitative estimate of drug-likeness (QED) is 0.882. The number of rotatable bonds is 3. The minimum absolute atomic E-state index is 0.816. The molecule has 2 heteroatoms. The third-order valence-corrected chi connectivity index (χ3v) is 4.10. The van der Waals surface area contributed by atoms with Crippen molar-refractivity contribution in [2.45, 2.75) is 33.1 Å². The summed E-state index contributed by atoms with van der Waals surface area (Å²) in [5.41, 5.74) is 5.69. The van der Waals surface area contributed by atoms with Gasteiger partial charge in [0.15, 0.2) is 0 Å². The maximum absolute atomic E-state index is 3.51. The van der Waals surface area contributed by atoms with Gasteiger partial charge in [-0.25, -0.2) is 0 Å². The lowest BCUT2D eigenvalue weighted by Crippen LogP contribution is -2.30. The molecule has 1 fully saturated rings. The molecular weight excluding hydrogens is 220 g/mol. The van der Waals surface area contributed by atoms with E-state index in [1.807, 2.05) is 0 Å². The Morgan fingerprint density at radius 3 is 2.67 bits per heavy atom. The second kappa shape index (κ2) is 5.75. The van der Waals surface area contributed by atoms with Gasteiger partial charge in [0, 0.05) is 19.8 Å². The zero-order valence-corrected chi connectivity index (χ0v) is 12.2.